The van der Waals surface area contributed by atoms with Crippen molar-refractivity contribution in [2.45, 2.75) is 0 Å². The molecule has 0 fully saturated rings. The number of benzene rings is 1. The highest BCUT2D eigenvalue weighted by atomic mass is 35.6. The Morgan fingerprint density at radius 2 is 0.800 bits per heavy atom. The van der Waals surface area contributed by atoms with Gasteiger partial charge in [-0.05, 0) is 0 Å². The SMILES string of the molecule is ClOCl.S.c1ccccc1. The quantitative estimate of drug-likeness (QED) is 0.623. The fourth-order valence-corrected chi connectivity index (χ4v) is 0.385. The van der Waals surface area contributed by atoms with Gasteiger partial charge in [-0.1, -0.05) is 36.4 Å². The molecule has 0 saturated heterocycles. The molecule has 0 aromatic heterocycles. The minimum absolute atomic E-state index is 0. The average molecular weight is 199 g/mol. The first-order valence-corrected chi connectivity index (χ1v) is 2.93. The van der Waals surface area contributed by atoms with Crippen molar-refractivity contribution >= 4 is 37.2 Å². The molecule has 0 unspecified atom stereocenters. The number of halogens is 2. The van der Waals surface area contributed by atoms with E-state index in [9.17, 15) is 0 Å². The molecule has 0 radical (unpaired) electrons. The minimum Gasteiger partial charge on any atom is -0.197 e. The third-order valence-electron chi connectivity index (χ3n) is 0.667. The molecular formula is C6H8Cl2OS. The van der Waals surface area contributed by atoms with E-state index in [-0.39, 0.29) is 13.5 Å². The maximum atomic E-state index is 4.26. The largest absolute Gasteiger partial charge is 0.197 e. The highest BCUT2D eigenvalue weighted by Gasteiger charge is 1.57. The molecule has 0 atom stereocenters. The van der Waals surface area contributed by atoms with E-state index in [1.54, 1.807) is 0 Å². The van der Waals surface area contributed by atoms with Gasteiger partial charge in [-0.25, -0.2) is 0 Å². The van der Waals surface area contributed by atoms with Crippen LogP contribution in [-0.2, 0) is 3.84 Å². The van der Waals surface area contributed by atoms with Gasteiger partial charge in [-0.15, -0.1) is 0 Å². The lowest BCUT2D eigenvalue weighted by Gasteiger charge is -1.69. The van der Waals surface area contributed by atoms with Crippen LogP contribution in [0.1, 0.15) is 0 Å². The maximum Gasteiger partial charge on any atom is 0.0832 e. The van der Waals surface area contributed by atoms with Crippen LogP contribution in [0.25, 0.3) is 0 Å². The van der Waals surface area contributed by atoms with Crippen LogP contribution in [-0.4, -0.2) is 0 Å². The summed E-state index contributed by atoms with van der Waals surface area (Å²) < 4.78 is 3.19. The van der Waals surface area contributed by atoms with E-state index < -0.39 is 0 Å². The monoisotopic (exact) mass is 198 g/mol. The standard InChI is InChI=1S/C6H6.Cl2O.H2S/c1-2-4-6-5-3-1;1-3-2;/h1-6H;;1H2. The Morgan fingerprint density at radius 3 is 0.900 bits per heavy atom. The number of hydrogen-bond acceptors (Lipinski definition) is 1. The van der Waals surface area contributed by atoms with Crippen molar-refractivity contribution in [2.75, 3.05) is 0 Å². The van der Waals surface area contributed by atoms with Crippen LogP contribution in [0, 0.1) is 0 Å². The second-order valence-corrected chi connectivity index (χ2v) is 1.68. The topological polar surface area (TPSA) is 9.23 Å². The van der Waals surface area contributed by atoms with Crippen LogP contribution in [0.15, 0.2) is 36.4 Å². The van der Waals surface area contributed by atoms with E-state index in [2.05, 4.69) is 27.6 Å². The lowest BCUT2D eigenvalue weighted by Crippen LogP contribution is -1.47. The maximum absolute atomic E-state index is 4.26. The van der Waals surface area contributed by atoms with Gasteiger partial charge in [0.15, 0.2) is 0 Å². The van der Waals surface area contributed by atoms with E-state index in [0.717, 1.165) is 0 Å². The predicted molar refractivity (Wildman–Crippen MR) is 49.6 cm³/mol. The predicted octanol–water partition coefficient (Wildman–Crippen LogP) is 3.11. The Bertz CT molecular complexity index is 98.6. The Morgan fingerprint density at radius 1 is 0.700 bits per heavy atom. The van der Waals surface area contributed by atoms with E-state index in [0.29, 0.717) is 0 Å². The van der Waals surface area contributed by atoms with Crippen molar-refractivity contribution in [1.29, 1.82) is 0 Å². The van der Waals surface area contributed by atoms with Gasteiger partial charge in [0.2, 0.25) is 0 Å². The molecule has 0 bridgehead atoms. The molecule has 4 heteroatoms. The molecule has 0 N–H and O–H groups in total. The molecule has 1 rings (SSSR count). The number of hydrogen-bond donors (Lipinski definition) is 0. The zero-order valence-corrected chi connectivity index (χ0v) is 7.64. The molecule has 1 aromatic carbocycles. The molecule has 0 saturated carbocycles. The Hall–Kier alpha value is 0.110. The Balaban J connectivity index is 0. The zero-order chi connectivity index (χ0) is 6.95. The first-order chi connectivity index (χ1) is 4.41. The first kappa shape index (κ1) is 12.8. The van der Waals surface area contributed by atoms with Crippen LogP contribution in [0.3, 0.4) is 0 Å². The summed E-state index contributed by atoms with van der Waals surface area (Å²) in [6.07, 6.45) is 0. The summed E-state index contributed by atoms with van der Waals surface area (Å²) in [6.45, 7) is 0. The Labute approximate surface area is 77.7 Å². The summed E-state index contributed by atoms with van der Waals surface area (Å²) in [5, 5.41) is 0. The first-order valence-electron chi connectivity index (χ1n) is 2.31. The lowest BCUT2D eigenvalue weighted by molar-refractivity contribution is 0.697. The highest BCUT2D eigenvalue weighted by molar-refractivity contribution is 7.59. The van der Waals surface area contributed by atoms with Gasteiger partial charge in [-0.2, -0.15) is 17.3 Å². The Kier molecular flexibility index (Phi) is 15.1. The van der Waals surface area contributed by atoms with Crippen LogP contribution < -0.4 is 0 Å². The zero-order valence-electron chi connectivity index (χ0n) is 5.13. The number of rotatable bonds is 0. The molecule has 58 valence electrons. The van der Waals surface area contributed by atoms with Gasteiger partial charge in [0.1, 0.15) is 0 Å². The molecule has 0 aliphatic carbocycles. The molecule has 0 heterocycles. The third kappa shape index (κ3) is 11.0. The molecule has 0 amide bonds. The van der Waals surface area contributed by atoms with Crippen molar-refractivity contribution in [1.82, 2.24) is 0 Å². The van der Waals surface area contributed by atoms with Crippen LogP contribution in [0.2, 0.25) is 0 Å². The van der Waals surface area contributed by atoms with Gasteiger partial charge in [0.25, 0.3) is 0 Å². The van der Waals surface area contributed by atoms with Crippen molar-refractivity contribution in [2.24, 2.45) is 0 Å². The van der Waals surface area contributed by atoms with Gasteiger partial charge >= 0.3 is 0 Å². The van der Waals surface area contributed by atoms with Gasteiger partial charge < -0.3 is 0 Å². The normalized spacial score (nSPS) is 6.60. The van der Waals surface area contributed by atoms with Crippen LogP contribution >= 0.6 is 37.2 Å². The summed E-state index contributed by atoms with van der Waals surface area (Å²) in [6, 6.07) is 12.0. The van der Waals surface area contributed by atoms with E-state index in [4.69, 9.17) is 0 Å². The van der Waals surface area contributed by atoms with Gasteiger partial charge in [0.05, 0.1) is 23.7 Å². The van der Waals surface area contributed by atoms with Gasteiger partial charge in [0, 0.05) is 0 Å². The summed E-state index contributed by atoms with van der Waals surface area (Å²) in [5.74, 6) is 0. The van der Waals surface area contributed by atoms with Crippen molar-refractivity contribution < 1.29 is 3.84 Å². The minimum atomic E-state index is 0. The molecule has 1 aromatic rings. The molecule has 10 heavy (non-hydrogen) atoms. The lowest BCUT2D eigenvalue weighted by atomic mass is 10.4. The smallest absolute Gasteiger partial charge is 0.0832 e. The molecule has 0 aliphatic rings. The molecule has 0 spiro atoms. The summed E-state index contributed by atoms with van der Waals surface area (Å²) >= 11 is 8.53. The summed E-state index contributed by atoms with van der Waals surface area (Å²) in [7, 11) is 0. The van der Waals surface area contributed by atoms with E-state index in [1.165, 1.54) is 0 Å². The van der Waals surface area contributed by atoms with Crippen molar-refractivity contribution in [3.8, 4) is 0 Å². The fraction of sp³-hybridized carbons (Fsp3) is 0. The fourth-order valence-electron chi connectivity index (χ4n) is 0.385. The van der Waals surface area contributed by atoms with Crippen LogP contribution in [0.5, 0.6) is 0 Å². The second-order valence-electron chi connectivity index (χ2n) is 1.21. The summed E-state index contributed by atoms with van der Waals surface area (Å²) in [5.41, 5.74) is 0. The molecule has 1 nitrogen and oxygen atoms in total. The second kappa shape index (κ2) is 11.9. The van der Waals surface area contributed by atoms with Gasteiger partial charge in [-0.3, -0.25) is 0 Å². The third-order valence-corrected chi connectivity index (χ3v) is 0.667. The summed E-state index contributed by atoms with van der Waals surface area (Å²) in [4.78, 5) is 0. The van der Waals surface area contributed by atoms with Crippen LogP contribution in [0.4, 0.5) is 0 Å². The molecular weight excluding hydrogens is 191 g/mol. The van der Waals surface area contributed by atoms with Crippen molar-refractivity contribution in [3.05, 3.63) is 36.4 Å². The highest BCUT2D eigenvalue weighted by Crippen LogP contribution is 1.80. The molecule has 0 aliphatic heterocycles. The average Bonchev–Trinajstić information content (AvgIpc) is 1.93. The van der Waals surface area contributed by atoms with E-state index in [1.807, 2.05) is 36.4 Å². The van der Waals surface area contributed by atoms with E-state index >= 15 is 0 Å². The van der Waals surface area contributed by atoms with Crippen molar-refractivity contribution in [3.63, 3.8) is 0 Å².